The standard InChI is InChI=1S/C17H23NO2/c1-20-13-11-18(17-9-10-17)14-16-8-3-2-6-15(16)7-4-5-12-19/h2-3,6,8,17,19H,5,9-14H2,1H3. The van der Waals surface area contributed by atoms with Gasteiger partial charge in [0.2, 0.25) is 0 Å². The van der Waals surface area contributed by atoms with Gasteiger partial charge < -0.3 is 9.84 Å². The Morgan fingerprint density at radius 3 is 2.85 bits per heavy atom. The molecule has 1 aromatic rings. The summed E-state index contributed by atoms with van der Waals surface area (Å²) >= 11 is 0. The fourth-order valence-corrected chi connectivity index (χ4v) is 2.25. The van der Waals surface area contributed by atoms with Gasteiger partial charge in [-0.3, -0.25) is 4.90 Å². The minimum Gasteiger partial charge on any atom is -0.395 e. The number of hydrogen-bond donors (Lipinski definition) is 1. The van der Waals surface area contributed by atoms with Crippen LogP contribution in [0.15, 0.2) is 24.3 Å². The van der Waals surface area contributed by atoms with Crippen molar-refractivity contribution in [3.8, 4) is 11.8 Å². The summed E-state index contributed by atoms with van der Waals surface area (Å²) in [7, 11) is 1.75. The van der Waals surface area contributed by atoms with E-state index >= 15 is 0 Å². The minimum absolute atomic E-state index is 0.122. The predicted octanol–water partition coefficient (Wildman–Crippen LogP) is 2.03. The van der Waals surface area contributed by atoms with Crippen molar-refractivity contribution >= 4 is 0 Å². The zero-order chi connectivity index (χ0) is 14.2. The first-order valence-electron chi connectivity index (χ1n) is 7.25. The molecule has 1 fully saturated rings. The van der Waals surface area contributed by atoms with E-state index in [9.17, 15) is 0 Å². The number of rotatable bonds is 7. The van der Waals surface area contributed by atoms with Crippen LogP contribution in [0.5, 0.6) is 0 Å². The lowest BCUT2D eigenvalue weighted by molar-refractivity contribution is 0.139. The molecule has 0 spiro atoms. The largest absolute Gasteiger partial charge is 0.395 e. The molecule has 1 aromatic carbocycles. The van der Waals surface area contributed by atoms with E-state index in [0.29, 0.717) is 12.5 Å². The van der Waals surface area contributed by atoms with Crippen molar-refractivity contribution in [1.29, 1.82) is 0 Å². The van der Waals surface area contributed by atoms with Crippen molar-refractivity contribution < 1.29 is 9.84 Å². The smallest absolute Gasteiger partial charge is 0.0589 e. The molecule has 20 heavy (non-hydrogen) atoms. The second-order valence-corrected chi connectivity index (χ2v) is 5.13. The highest BCUT2D eigenvalue weighted by molar-refractivity contribution is 5.41. The Kier molecular flexibility index (Phi) is 6.07. The predicted molar refractivity (Wildman–Crippen MR) is 80.3 cm³/mol. The maximum Gasteiger partial charge on any atom is 0.0589 e. The van der Waals surface area contributed by atoms with Gasteiger partial charge in [0.25, 0.3) is 0 Å². The molecule has 0 heterocycles. The zero-order valence-corrected chi connectivity index (χ0v) is 12.1. The maximum atomic E-state index is 8.81. The van der Waals surface area contributed by atoms with Gasteiger partial charge in [-0.05, 0) is 24.5 Å². The van der Waals surface area contributed by atoms with E-state index in [1.807, 2.05) is 6.07 Å². The van der Waals surface area contributed by atoms with Crippen LogP contribution < -0.4 is 0 Å². The molecule has 0 unspecified atom stereocenters. The lowest BCUT2D eigenvalue weighted by Crippen LogP contribution is -2.29. The average Bonchev–Trinajstić information content (AvgIpc) is 3.30. The molecule has 0 radical (unpaired) electrons. The van der Waals surface area contributed by atoms with Crippen LogP contribution in [0.3, 0.4) is 0 Å². The first-order chi connectivity index (χ1) is 9.85. The first-order valence-corrected chi connectivity index (χ1v) is 7.25. The molecular weight excluding hydrogens is 250 g/mol. The van der Waals surface area contributed by atoms with E-state index in [4.69, 9.17) is 9.84 Å². The highest BCUT2D eigenvalue weighted by Gasteiger charge is 2.28. The van der Waals surface area contributed by atoms with Crippen LogP contribution in [0.4, 0.5) is 0 Å². The first kappa shape index (κ1) is 15.1. The quantitative estimate of drug-likeness (QED) is 0.772. The Morgan fingerprint density at radius 2 is 2.15 bits per heavy atom. The third-order valence-corrected chi connectivity index (χ3v) is 3.50. The zero-order valence-electron chi connectivity index (χ0n) is 12.1. The molecule has 2 rings (SSSR count). The Hall–Kier alpha value is -1.34. The Morgan fingerprint density at radius 1 is 1.35 bits per heavy atom. The van der Waals surface area contributed by atoms with Crippen LogP contribution in [-0.2, 0) is 11.3 Å². The van der Waals surface area contributed by atoms with E-state index < -0.39 is 0 Å². The fraction of sp³-hybridized carbons (Fsp3) is 0.529. The van der Waals surface area contributed by atoms with Crippen LogP contribution >= 0.6 is 0 Å². The monoisotopic (exact) mass is 273 g/mol. The number of ether oxygens (including phenoxy) is 1. The third kappa shape index (κ3) is 4.64. The molecule has 1 saturated carbocycles. The van der Waals surface area contributed by atoms with Gasteiger partial charge in [-0.15, -0.1) is 0 Å². The molecular formula is C17H23NO2. The lowest BCUT2D eigenvalue weighted by atomic mass is 10.1. The second-order valence-electron chi connectivity index (χ2n) is 5.13. The Bertz CT molecular complexity index is 471. The van der Waals surface area contributed by atoms with Gasteiger partial charge in [0.15, 0.2) is 0 Å². The third-order valence-electron chi connectivity index (χ3n) is 3.50. The molecule has 3 heteroatoms. The SMILES string of the molecule is COCCN(Cc1ccccc1C#CCCO)C1CC1. The summed E-state index contributed by atoms with van der Waals surface area (Å²) in [5, 5.41) is 8.81. The topological polar surface area (TPSA) is 32.7 Å². The number of aliphatic hydroxyl groups excluding tert-OH is 1. The maximum absolute atomic E-state index is 8.81. The minimum atomic E-state index is 0.122. The van der Waals surface area contributed by atoms with E-state index in [1.165, 1.54) is 18.4 Å². The summed E-state index contributed by atoms with van der Waals surface area (Å²) in [5.41, 5.74) is 2.34. The molecule has 0 aromatic heterocycles. The van der Waals surface area contributed by atoms with E-state index in [2.05, 4.69) is 34.9 Å². The number of hydrogen-bond acceptors (Lipinski definition) is 3. The van der Waals surface area contributed by atoms with Gasteiger partial charge in [0.1, 0.15) is 0 Å². The van der Waals surface area contributed by atoms with Crippen LogP contribution in [0.1, 0.15) is 30.4 Å². The van der Waals surface area contributed by atoms with Gasteiger partial charge in [0, 0.05) is 38.2 Å². The molecule has 0 bridgehead atoms. The van der Waals surface area contributed by atoms with Crippen molar-refractivity contribution in [3.05, 3.63) is 35.4 Å². The van der Waals surface area contributed by atoms with Gasteiger partial charge in [-0.25, -0.2) is 0 Å². The van der Waals surface area contributed by atoms with Gasteiger partial charge in [-0.1, -0.05) is 30.0 Å². The Labute approximate surface area is 121 Å². The summed E-state index contributed by atoms with van der Waals surface area (Å²) < 4.78 is 5.20. The van der Waals surface area contributed by atoms with Crippen molar-refractivity contribution in [1.82, 2.24) is 4.90 Å². The van der Waals surface area contributed by atoms with Crippen LogP contribution in [-0.4, -0.2) is 42.9 Å². The molecule has 3 nitrogen and oxygen atoms in total. The van der Waals surface area contributed by atoms with E-state index in [1.54, 1.807) is 7.11 Å². The number of aliphatic hydroxyl groups is 1. The van der Waals surface area contributed by atoms with Gasteiger partial charge in [0.05, 0.1) is 13.2 Å². The fourth-order valence-electron chi connectivity index (χ4n) is 2.25. The van der Waals surface area contributed by atoms with Gasteiger partial charge >= 0.3 is 0 Å². The normalized spacial score (nSPS) is 14.2. The molecule has 0 atom stereocenters. The summed E-state index contributed by atoms with van der Waals surface area (Å²) in [6.45, 7) is 2.80. The van der Waals surface area contributed by atoms with Crippen LogP contribution in [0.25, 0.3) is 0 Å². The highest BCUT2D eigenvalue weighted by atomic mass is 16.5. The van der Waals surface area contributed by atoms with E-state index in [0.717, 1.165) is 25.3 Å². The van der Waals surface area contributed by atoms with E-state index in [-0.39, 0.29) is 6.61 Å². The number of nitrogens with zero attached hydrogens (tertiary/aromatic N) is 1. The molecule has 108 valence electrons. The second kappa shape index (κ2) is 8.06. The van der Waals surface area contributed by atoms with Crippen molar-refractivity contribution in [3.63, 3.8) is 0 Å². The molecule has 0 saturated heterocycles. The summed E-state index contributed by atoms with van der Waals surface area (Å²) in [4.78, 5) is 2.48. The summed E-state index contributed by atoms with van der Waals surface area (Å²) in [6.07, 6.45) is 3.12. The Balaban J connectivity index is 2.05. The lowest BCUT2D eigenvalue weighted by Gasteiger charge is -2.22. The molecule has 0 aliphatic heterocycles. The molecule has 1 N–H and O–H groups in total. The van der Waals surface area contributed by atoms with Crippen molar-refractivity contribution in [2.24, 2.45) is 0 Å². The summed E-state index contributed by atoms with van der Waals surface area (Å²) in [6, 6.07) is 8.99. The number of benzene rings is 1. The average molecular weight is 273 g/mol. The van der Waals surface area contributed by atoms with Crippen LogP contribution in [0.2, 0.25) is 0 Å². The van der Waals surface area contributed by atoms with Gasteiger partial charge in [-0.2, -0.15) is 0 Å². The van der Waals surface area contributed by atoms with Crippen LogP contribution in [0, 0.1) is 11.8 Å². The molecule has 1 aliphatic rings. The highest BCUT2D eigenvalue weighted by Crippen LogP contribution is 2.28. The van der Waals surface area contributed by atoms with Crippen molar-refractivity contribution in [2.75, 3.05) is 26.9 Å². The van der Waals surface area contributed by atoms with Crippen molar-refractivity contribution in [2.45, 2.75) is 31.8 Å². The molecule has 0 amide bonds. The molecule has 1 aliphatic carbocycles. The number of methoxy groups -OCH3 is 1. The summed E-state index contributed by atoms with van der Waals surface area (Å²) in [5.74, 6) is 6.18.